The number of likely N-dealkylation sites (tertiary alicyclic amines) is 2. The quantitative estimate of drug-likeness (QED) is 0.578. The number of benzene rings is 2. The molecule has 0 saturated carbocycles. The number of nitrogens with zero attached hydrogens (tertiary/aromatic N) is 4. The molecule has 6 heteroatoms. The third-order valence-corrected chi connectivity index (χ3v) is 8.30. The van der Waals surface area contributed by atoms with Crippen molar-refractivity contribution in [2.75, 3.05) is 38.1 Å². The number of hydrogen-bond acceptors (Lipinski definition) is 4. The third-order valence-electron chi connectivity index (χ3n) is 8.06. The van der Waals surface area contributed by atoms with E-state index in [1.165, 1.54) is 6.42 Å². The van der Waals surface area contributed by atoms with Crippen LogP contribution in [0.5, 0.6) is 0 Å². The predicted octanol–water partition coefficient (Wildman–Crippen LogP) is 4.29. The molecule has 1 amide bonds. The van der Waals surface area contributed by atoms with Crippen LogP contribution in [-0.4, -0.2) is 55.1 Å². The minimum Gasteiger partial charge on any atom is -0.342 e. The Morgan fingerprint density at radius 3 is 2.74 bits per heavy atom. The van der Waals surface area contributed by atoms with Gasteiger partial charge in [-0.05, 0) is 63.5 Å². The highest BCUT2D eigenvalue weighted by Crippen LogP contribution is 2.40. The van der Waals surface area contributed by atoms with Crippen LogP contribution in [0, 0.1) is 11.3 Å². The topological polar surface area (TPSA) is 39.2 Å². The van der Waals surface area contributed by atoms with Gasteiger partial charge in [0.05, 0.1) is 5.36 Å². The molecule has 1 spiro atoms. The van der Waals surface area contributed by atoms with Gasteiger partial charge in [0.15, 0.2) is 0 Å². The maximum atomic E-state index is 13.9. The number of hydrogen-bond donors (Lipinski definition) is 0. The van der Waals surface area contributed by atoms with Gasteiger partial charge in [-0.25, -0.2) is 0 Å². The molecular weight excluding hydrogens is 456 g/mol. The summed E-state index contributed by atoms with van der Waals surface area (Å²) in [5, 5.41) is 2.79. The molecule has 2 aromatic carbocycles. The van der Waals surface area contributed by atoms with Crippen LogP contribution in [0.1, 0.15) is 45.4 Å². The summed E-state index contributed by atoms with van der Waals surface area (Å²) in [5.41, 5.74) is 1.31. The molecule has 35 heavy (non-hydrogen) atoms. The molecule has 0 bridgehead atoms. The normalized spacial score (nSPS) is 24.8. The molecule has 2 saturated heterocycles. The Morgan fingerprint density at radius 1 is 1.14 bits per heavy atom. The molecular formula is C29H37ClN4O. The summed E-state index contributed by atoms with van der Waals surface area (Å²) >= 11 is 6.36. The Balaban J connectivity index is 1.41. The fourth-order valence-corrected chi connectivity index (χ4v) is 6.33. The zero-order chi connectivity index (χ0) is 24.4. The summed E-state index contributed by atoms with van der Waals surface area (Å²) in [4.78, 5) is 25.8. The molecule has 3 unspecified atom stereocenters. The van der Waals surface area contributed by atoms with E-state index < -0.39 is 0 Å². The van der Waals surface area contributed by atoms with E-state index in [0.29, 0.717) is 22.8 Å². The maximum absolute atomic E-state index is 13.9. The first-order valence-electron chi connectivity index (χ1n) is 13.1. The molecule has 5 nitrogen and oxygen atoms in total. The summed E-state index contributed by atoms with van der Waals surface area (Å²) in [7, 11) is 2.20. The average molecular weight is 493 g/mol. The highest BCUT2D eigenvalue weighted by molar-refractivity contribution is 6.30. The first kappa shape index (κ1) is 24.3. The molecule has 3 aliphatic heterocycles. The Hall–Kier alpha value is -2.37. The fraction of sp³-hybridized carbons (Fsp3) is 0.517. The van der Waals surface area contributed by atoms with Crippen molar-refractivity contribution in [1.82, 2.24) is 9.80 Å². The van der Waals surface area contributed by atoms with Crippen molar-refractivity contribution in [3.63, 3.8) is 0 Å². The molecule has 3 atom stereocenters. The van der Waals surface area contributed by atoms with Gasteiger partial charge in [0, 0.05) is 53.1 Å². The fourth-order valence-electron chi connectivity index (χ4n) is 6.14. The number of anilines is 1. The van der Waals surface area contributed by atoms with Gasteiger partial charge in [-0.2, -0.15) is 0 Å². The third kappa shape index (κ3) is 5.26. The zero-order valence-corrected chi connectivity index (χ0v) is 21.8. The van der Waals surface area contributed by atoms with Crippen molar-refractivity contribution in [2.45, 2.75) is 51.6 Å². The molecule has 5 rings (SSSR count). The van der Waals surface area contributed by atoms with Crippen LogP contribution in [0.4, 0.5) is 5.69 Å². The van der Waals surface area contributed by atoms with Crippen molar-refractivity contribution < 1.29 is 4.79 Å². The second-order valence-corrected chi connectivity index (χ2v) is 11.2. The van der Waals surface area contributed by atoms with Crippen molar-refractivity contribution in [2.24, 2.45) is 16.3 Å². The standard InChI is InChI=1S/C29H37ClN4O/c1-3-4-8-22(28(35)33-16-14-29(21-33)13-15-32(2)20-29)17-27-31-26-12-6-5-9-23(26)19-34(27)25-11-7-10-24(30)18-25/h5-7,9-12,18-19,22,27H,3-4,8,13-17,20-21H2,1-2H3. The van der Waals surface area contributed by atoms with Crippen LogP contribution in [0.15, 0.2) is 53.5 Å². The van der Waals surface area contributed by atoms with Crippen LogP contribution in [0.2, 0.25) is 5.02 Å². The van der Waals surface area contributed by atoms with Crippen LogP contribution >= 0.6 is 11.6 Å². The zero-order valence-electron chi connectivity index (χ0n) is 21.0. The number of carbonyl (C=O) groups is 1. The number of carbonyl (C=O) groups excluding carboxylic acids is 1. The SMILES string of the molecule is CCCCC(CC1N=c2ccccc2=CN1c1cccc(Cl)c1)C(=O)N1CCC2(CCN(C)C2)C1. The summed E-state index contributed by atoms with van der Waals surface area (Å²) < 4.78 is 0. The number of halogens is 1. The van der Waals surface area contributed by atoms with E-state index >= 15 is 0 Å². The van der Waals surface area contributed by atoms with Crippen molar-refractivity contribution in [3.05, 3.63) is 64.1 Å². The van der Waals surface area contributed by atoms with Crippen molar-refractivity contribution in [1.29, 1.82) is 0 Å². The Kier molecular flexibility index (Phi) is 7.17. The van der Waals surface area contributed by atoms with E-state index in [1.54, 1.807) is 0 Å². The van der Waals surface area contributed by atoms with Crippen LogP contribution in [-0.2, 0) is 4.79 Å². The van der Waals surface area contributed by atoms with E-state index in [0.717, 1.165) is 68.1 Å². The predicted molar refractivity (Wildman–Crippen MR) is 143 cm³/mol. The second-order valence-electron chi connectivity index (χ2n) is 10.8. The monoisotopic (exact) mass is 492 g/mol. The first-order chi connectivity index (χ1) is 17.0. The van der Waals surface area contributed by atoms with Gasteiger partial charge in [0.25, 0.3) is 0 Å². The number of fused-ring (bicyclic) bond motifs is 1. The van der Waals surface area contributed by atoms with E-state index in [4.69, 9.17) is 16.6 Å². The lowest BCUT2D eigenvalue weighted by Gasteiger charge is -2.34. The van der Waals surface area contributed by atoms with Gasteiger partial charge in [0.1, 0.15) is 6.17 Å². The van der Waals surface area contributed by atoms with Crippen molar-refractivity contribution in [3.8, 4) is 0 Å². The highest BCUT2D eigenvalue weighted by Gasteiger charge is 2.45. The number of para-hydroxylation sites is 1. The number of unbranched alkanes of at least 4 members (excludes halogenated alkanes) is 1. The molecule has 2 fully saturated rings. The summed E-state index contributed by atoms with van der Waals surface area (Å²) in [5.74, 6) is 0.295. The molecule has 0 aliphatic carbocycles. The molecule has 0 N–H and O–H groups in total. The van der Waals surface area contributed by atoms with E-state index in [1.807, 2.05) is 30.3 Å². The Bertz CT molecular complexity index is 1180. The van der Waals surface area contributed by atoms with Crippen LogP contribution in [0.3, 0.4) is 0 Å². The molecule has 3 heterocycles. The lowest BCUT2D eigenvalue weighted by molar-refractivity contribution is -0.135. The van der Waals surface area contributed by atoms with Gasteiger partial charge in [-0.15, -0.1) is 0 Å². The first-order valence-corrected chi connectivity index (χ1v) is 13.5. The van der Waals surface area contributed by atoms with Crippen molar-refractivity contribution >= 4 is 29.4 Å². The summed E-state index contributed by atoms with van der Waals surface area (Å²) in [6.45, 7) is 6.26. The molecule has 2 aromatic rings. The molecule has 0 radical (unpaired) electrons. The average Bonchev–Trinajstić information content (AvgIpc) is 3.45. The number of rotatable bonds is 7. The van der Waals surface area contributed by atoms with E-state index in [-0.39, 0.29) is 12.1 Å². The smallest absolute Gasteiger partial charge is 0.225 e. The van der Waals surface area contributed by atoms with Gasteiger partial charge in [0.2, 0.25) is 5.91 Å². The Labute approximate surface area is 214 Å². The number of amides is 1. The van der Waals surface area contributed by atoms with Gasteiger partial charge in [-0.3, -0.25) is 9.79 Å². The Morgan fingerprint density at radius 2 is 1.97 bits per heavy atom. The van der Waals surface area contributed by atoms with Gasteiger partial charge in [-0.1, -0.05) is 55.6 Å². The highest BCUT2D eigenvalue weighted by atomic mass is 35.5. The minimum absolute atomic E-state index is 0.0293. The summed E-state index contributed by atoms with van der Waals surface area (Å²) in [6.07, 6.45) is 8.14. The molecule has 0 aromatic heterocycles. The lowest BCUT2D eigenvalue weighted by atomic mass is 9.86. The second kappa shape index (κ2) is 10.3. The largest absolute Gasteiger partial charge is 0.342 e. The van der Waals surface area contributed by atoms with E-state index in [9.17, 15) is 4.79 Å². The van der Waals surface area contributed by atoms with Gasteiger partial charge < -0.3 is 14.7 Å². The minimum atomic E-state index is -0.136. The summed E-state index contributed by atoms with van der Waals surface area (Å²) in [6, 6.07) is 16.2. The maximum Gasteiger partial charge on any atom is 0.225 e. The van der Waals surface area contributed by atoms with E-state index in [2.05, 4.69) is 53.1 Å². The van der Waals surface area contributed by atoms with Gasteiger partial charge >= 0.3 is 0 Å². The molecule has 186 valence electrons. The van der Waals surface area contributed by atoms with Crippen LogP contribution in [0.25, 0.3) is 6.20 Å². The van der Waals surface area contributed by atoms with Crippen LogP contribution < -0.4 is 15.5 Å². The molecule has 3 aliphatic rings. The lowest BCUT2D eigenvalue weighted by Crippen LogP contribution is -2.45.